The van der Waals surface area contributed by atoms with Crippen molar-refractivity contribution in [3.05, 3.63) is 33.2 Å². The number of carbonyl (C=O) groups is 2. The van der Waals surface area contributed by atoms with Crippen molar-refractivity contribution in [2.45, 2.75) is 25.3 Å². The molecule has 2 aromatic rings. The largest absolute Gasteiger partial charge is 0.329 e. The van der Waals surface area contributed by atoms with Crippen LogP contribution >= 0.6 is 15.9 Å². The number of carbonyl (C=O) groups excluding carboxylic acids is 2. The van der Waals surface area contributed by atoms with Crippen molar-refractivity contribution in [3.63, 3.8) is 0 Å². The maximum atomic E-state index is 12.5. The van der Waals surface area contributed by atoms with Crippen LogP contribution in [-0.4, -0.2) is 20.9 Å². The average Bonchev–Trinajstić information content (AvgIpc) is 2.58. The Kier molecular flexibility index (Phi) is 3.44. The van der Waals surface area contributed by atoms with Gasteiger partial charge in [0.2, 0.25) is 11.8 Å². The molecule has 2 heterocycles. The minimum atomic E-state index is -0.645. The highest BCUT2D eigenvalue weighted by Gasteiger charge is 2.29. The molecule has 3 rings (SSSR count). The Bertz CT molecular complexity index is 806. The summed E-state index contributed by atoms with van der Waals surface area (Å²) in [5, 5.41) is 2.35. The van der Waals surface area contributed by atoms with Crippen LogP contribution in [0.15, 0.2) is 27.5 Å². The van der Waals surface area contributed by atoms with E-state index in [-0.39, 0.29) is 11.6 Å². The lowest BCUT2D eigenvalue weighted by Crippen LogP contribution is -2.38. The summed E-state index contributed by atoms with van der Waals surface area (Å²) < 4.78 is 3.86. The molecule has 0 bridgehead atoms. The highest BCUT2D eigenvalue weighted by molar-refractivity contribution is 9.10. The normalized spacial score (nSPS) is 19.6. The number of nitrogens with zero attached hydrogens (tertiary/aromatic N) is 2. The van der Waals surface area contributed by atoms with Gasteiger partial charge in [0.15, 0.2) is 0 Å². The minimum Gasteiger partial charge on any atom is -0.295 e. The number of imide groups is 1. The first-order chi connectivity index (χ1) is 9.99. The Labute approximate surface area is 128 Å². The molecule has 2 amide bonds. The number of hydrogen-bond donors (Lipinski definition) is 1. The van der Waals surface area contributed by atoms with Gasteiger partial charge in [-0.1, -0.05) is 15.9 Å². The smallest absolute Gasteiger partial charge is 0.295 e. The monoisotopic (exact) mass is 351 g/mol. The number of halogens is 1. The van der Waals surface area contributed by atoms with E-state index in [9.17, 15) is 14.4 Å². The van der Waals surface area contributed by atoms with Gasteiger partial charge in [-0.05, 0) is 31.0 Å². The zero-order chi connectivity index (χ0) is 15.1. The molecule has 0 radical (unpaired) electrons. The molecule has 1 aliphatic rings. The van der Waals surface area contributed by atoms with Crippen LogP contribution < -0.4 is 11.0 Å². The van der Waals surface area contributed by atoms with Crippen LogP contribution in [0.2, 0.25) is 0 Å². The Morgan fingerprint density at radius 3 is 2.76 bits per heavy atom. The first kappa shape index (κ1) is 14.1. The van der Waals surface area contributed by atoms with Crippen molar-refractivity contribution >= 4 is 38.8 Å². The molecule has 7 heteroatoms. The second-order valence-corrected chi connectivity index (χ2v) is 6.08. The van der Waals surface area contributed by atoms with Gasteiger partial charge in [-0.25, -0.2) is 4.79 Å². The van der Waals surface area contributed by atoms with Gasteiger partial charge in [0.25, 0.3) is 0 Å². The molecule has 1 N–H and O–H groups in total. The SMILES string of the molecule is Cn1c(=O)n(C2CCCC(=O)NC2=O)c2ccc(Br)cc21. The number of fused-ring (bicyclic) bond motifs is 1. The number of imidazole rings is 1. The van der Waals surface area contributed by atoms with Crippen molar-refractivity contribution in [2.24, 2.45) is 7.05 Å². The lowest BCUT2D eigenvalue weighted by Gasteiger charge is -2.14. The summed E-state index contributed by atoms with van der Waals surface area (Å²) in [6.45, 7) is 0. The average molecular weight is 352 g/mol. The van der Waals surface area contributed by atoms with Crippen LogP contribution in [0.1, 0.15) is 25.3 Å². The molecule has 1 atom stereocenters. The van der Waals surface area contributed by atoms with Crippen LogP contribution in [0.4, 0.5) is 0 Å². The summed E-state index contributed by atoms with van der Waals surface area (Å²) in [5.41, 5.74) is 1.19. The third kappa shape index (κ3) is 2.31. The summed E-state index contributed by atoms with van der Waals surface area (Å²) in [7, 11) is 1.67. The maximum absolute atomic E-state index is 12.5. The van der Waals surface area contributed by atoms with Crippen LogP contribution in [0.5, 0.6) is 0 Å². The van der Waals surface area contributed by atoms with Crippen LogP contribution in [-0.2, 0) is 16.6 Å². The highest BCUT2D eigenvalue weighted by Crippen LogP contribution is 2.24. The molecule has 0 saturated carbocycles. The first-order valence-electron chi connectivity index (χ1n) is 6.69. The standard InChI is InChI=1S/C14H14BrN3O3/c1-17-11-7-8(15)5-6-9(11)18(14(17)21)10-3-2-4-12(19)16-13(10)20/h5-7,10H,2-4H2,1H3,(H,16,19,20). The van der Waals surface area contributed by atoms with Gasteiger partial charge >= 0.3 is 5.69 Å². The number of nitrogens with one attached hydrogen (secondary N) is 1. The highest BCUT2D eigenvalue weighted by atomic mass is 79.9. The molecule has 6 nitrogen and oxygen atoms in total. The maximum Gasteiger partial charge on any atom is 0.329 e. The molecule has 1 aliphatic heterocycles. The van der Waals surface area contributed by atoms with Gasteiger partial charge in [-0.15, -0.1) is 0 Å². The molecule has 110 valence electrons. The van der Waals surface area contributed by atoms with E-state index in [1.807, 2.05) is 12.1 Å². The van der Waals surface area contributed by atoms with E-state index in [0.29, 0.717) is 24.8 Å². The predicted molar refractivity (Wildman–Crippen MR) is 80.9 cm³/mol. The Balaban J connectivity index is 2.20. The summed E-state index contributed by atoms with van der Waals surface area (Å²) in [5.74, 6) is -0.687. The van der Waals surface area contributed by atoms with Crippen molar-refractivity contribution in [1.29, 1.82) is 0 Å². The number of aromatic nitrogens is 2. The third-order valence-corrected chi connectivity index (χ3v) is 4.30. The molecule has 1 fully saturated rings. The molecule has 0 spiro atoms. The molecule has 1 aromatic heterocycles. The van der Waals surface area contributed by atoms with Gasteiger partial charge in [0.1, 0.15) is 6.04 Å². The fourth-order valence-corrected chi connectivity index (χ4v) is 3.10. The molecule has 1 unspecified atom stereocenters. The Hall–Kier alpha value is -1.89. The zero-order valence-electron chi connectivity index (χ0n) is 11.4. The zero-order valence-corrected chi connectivity index (χ0v) is 13.0. The van der Waals surface area contributed by atoms with E-state index in [1.165, 1.54) is 9.13 Å². The minimum absolute atomic E-state index is 0.252. The quantitative estimate of drug-likeness (QED) is 0.790. The van der Waals surface area contributed by atoms with Crippen molar-refractivity contribution in [1.82, 2.24) is 14.5 Å². The van der Waals surface area contributed by atoms with Crippen molar-refractivity contribution in [3.8, 4) is 0 Å². The third-order valence-electron chi connectivity index (χ3n) is 3.81. The Morgan fingerprint density at radius 2 is 2.00 bits per heavy atom. The van der Waals surface area contributed by atoms with Gasteiger partial charge in [-0.3, -0.25) is 24.0 Å². The van der Waals surface area contributed by atoms with E-state index in [1.54, 1.807) is 13.1 Å². The predicted octanol–water partition coefficient (Wildman–Crippen LogP) is 1.47. The van der Waals surface area contributed by atoms with Crippen LogP contribution in [0.3, 0.4) is 0 Å². The summed E-state index contributed by atoms with van der Waals surface area (Å²) >= 11 is 3.38. The first-order valence-corrected chi connectivity index (χ1v) is 7.48. The number of aryl methyl sites for hydroxylation is 1. The topological polar surface area (TPSA) is 73.1 Å². The second kappa shape index (κ2) is 5.14. The lowest BCUT2D eigenvalue weighted by molar-refractivity contribution is -0.131. The van der Waals surface area contributed by atoms with Crippen LogP contribution in [0, 0.1) is 0 Å². The van der Waals surface area contributed by atoms with Crippen LogP contribution in [0.25, 0.3) is 11.0 Å². The van der Waals surface area contributed by atoms with E-state index >= 15 is 0 Å². The summed E-state index contributed by atoms with van der Waals surface area (Å²) in [6, 6.07) is 4.83. The number of benzene rings is 1. The molecule has 0 aliphatic carbocycles. The van der Waals surface area contributed by atoms with E-state index in [2.05, 4.69) is 21.2 Å². The summed E-state index contributed by atoms with van der Waals surface area (Å²) in [4.78, 5) is 36.1. The fraction of sp³-hybridized carbons (Fsp3) is 0.357. The van der Waals surface area contributed by atoms with Gasteiger partial charge in [0, 0.05) is 17.9 Å². The molecular weight excluding hydrogens is 338 g/mol. The Morgan fingerprint density at radius 1 is 1.24 bits per heavy atom. The van der Waals surface area contributed by atoms with E-state index in [0.717, 1.165) is 9.99 Å². The molecule has 1 aromatic carbocycles. The summed E-state index contributed by atoms with van der Waals surface area (Å²) in [6.07, 6.45) is 1.38. The van der Waals surface area contributed by atoms with E-state index in [4.69, 9.17) is 0 Å². The molecule has 21 heavy (non-hydrogen) atoms. The number of rotatable bonds is 1. The number of amides is 2. The van der Waals surface area contributed by atoms with Gasteiger partial charge < -0.3 is 0 Å². The number of hydrogen-bond acceptors (Lipinski definition) is 3. The molecule has 1 saturated heterocycles. The molecular formula is C14H14BrN3O3. The van der Waals surface area contributed by atoms with Gasteiger partial charge in [-0.2, -0.15) is 0 Å². The fourth-order valence-electron chi connectivity index (χ4n) is 2.75. The lowest BCUT2D eigenvalue weighted by atomic mass is 10.1. The van der Waals surface area contributed by atoms with Crippen molar-refractivity contribution in [2.75, 3.05) is 0 Å². The van der Waals surface area contributed by atoms with Gasteiger partial charge in [0.05, 0.1) is 11.0 Å². The van der Waals surface area contributed by atoms with Crippen molar-refractivity contribution < 1.29 is 9.59 Å². The second-order valence-electron chi connectivity index (χ2n) is 5.17. The van der Waals surface area contributed by atoms with E-state index < -0.39 is 11.9 Å².